The molecule has 124 valence electrons. The van der Waals surface area contributed by atoms with Crippen molar-refractivity contribution in [3.8, 4) is 11.5 Å². The van der Waals surface area contributed by atoms with E-state index in [0.29, 0.717) is 40.9 Å². The highest BCUT2D eigenvalue weighted by Crippen LogP contribution is 2.28. The SMILES string of the molecule is O=C1COc2cc(C(=O)NCCOc3cccc(Cl)c3)ccc2N1. The van der Waals surface area contributed by atoms with Crippen LogP contribution in [0, 0.1) is 0 Å². The van der Waals surface area contributed by atoms with Gasteiger partial charge in [-0.1, -0.05) is 17.7 Å². The summed E-state index contributed by atoms with van der Waals surface area (Å²) in [6, 6.07) is 11.9. The van der Waals surface area contributed by atoms with Gasteiger partial charge >= 0.3 is 0 Å². The predicted octanol–water partition coefficient (Wildman–Crippen LogP) is 2.48. The number of hydrogen-bond donors (Lipinski definition) is 2. The number of carbonyl (C=O) groups is 2. The Morgan fingerprint density at radius 2 is 2.17 bits per heavy atom. The van der Waals surface area contributed by atoms with Crippen molar-refractivity contribution in [2.45, 2.75) is 0 Å². The maximum atomic E-state index is 12.1. The highest BCUT2D eigenvalue weighted by molar-refractivity contribution is 6.30. The first-order valence-electron chi connectivity index (χ1n) is 7.35. The lowest BCUT2D eigenvalue weighted by Gasteiger charge is -2.18. The molecule has 2 aromatic rings. The minimum atomic E-state index is -0.243. The van der Waals surface area contributed by atoms with Gasteiger partial charge in [-0.05, 0) is 36.4 Å². The molecule has 0 atom stereocenters. The summed E-state index contributed by atoms with van der Waals surface area (Å²) in [7, 11) is 0. The van der Waals surface area contributed by atoms with E-state index in [1.54, 1.807) is 42.5 Å². The van der Waals surface area contributed by atoms with Crippen LogP contribution in [0.1, 0.15) is 10.4 Å². The summed E-state index contributed by atoms with van der Waals surface area (Å²) >= 11 is 5.87. The number of nitrogens with one attached hydrogen (secondary N) is 2. The lowest BCUT2D eigenvalue weighted by atomic mass is 10.1. The van der Waals surface area contributed by atoms with Gasteiger partial charge in [0.15, 0.2) is 6.61 Å². The van der Waals surface area contributed by atoms with Gasteiger partial charge in [0, 0.05) is 10.6 Å². The van der Waals surface area contributed by atoms with Gasteiger partial charge < -0.3 is 20.1 Å². The van der Waals surface area contributed by atoms with Crippen LogP contribution < -0.4 is 20.1 Å². The Labute approximate surface area is 143 Å². The molecule has 2 amide bonds. The Morgan fingerprint density at radius 3 is 3.00 bits per heavy atom. The molecule has 1 heterocycles. The third-order valence-corrected chi connectivity index (χ3v) is 3.56. The molecular formula is C17H15ClN2O4. The average molecular weight is 347 g/mol. The molecule has 2 N–H and O–H groups in total. The van der Waals surface area contributed by atoms with Crippen molar-refractivity contribution in [2.75, 3.05) is 25.1 Å². The molecule has 24 heavy (non-hydrogen) atoms. The standard InChI is InChI=1S/C17H15ClN2O4/c18-12-2-1-3-13(9-12)23-7-6-19-17(22)11-4-5-14-15(8-11)24-10-16(21)20-14/h1-5,8-9H,6-7,10H2,(H,19,22)(H,20,21). The van der Waals surface area contributed by atoms with Crippen LogP contribution in [0.4, 0.5) is 5.69 Å². The third kappa shape index (κ3) is 3.97. The fourth-order valence-corrected chi connectivity index (χ4v) is 2.39. The number of hydrogen-bond acceptors (Lipinski definition) is 4. The second kappa shape index (κ2) is 7.23. The number of anilines is 1. The highest BCUT2D eigenvalue weighted by Gasteiger charge is 2.17. The molecule has 6 nitrogen and oxygen atoms in total. The minimum absolute atomic E-state index is 0.0501. The Morgan fingerprint density at radius 1 is 1.29 bits per heavy atom. The second-order valence-electron chi connectivity index (χ2n) is 5.11. The van der Waals surface area contributed by atoms with Gasteiger partial charge in [-0.2, -0.15) is 0 Å². The smallest absolute Gasteiger partial charge is 0.262 e. The molecule has 0 spiro atoms. The van der Waals surface area contributed by atoms with Crippen molar-refractivity contribution in [3.05, 3.63) is 53.1 Å². The van der Waals surface area contributed by atoms with Crippen LogP contribution in [-0.4, -0.2) is 31.6 Å². The molecule has 0 unspecified atom stereocenters. The van der Waals surface area contributed by atoms with E-state index in [1.165, 1.54) is 0 Å². The maximum absolute atomic E-state index is 12.1. The lowest BCUT2D eigenvalue weighted by Crippen LogP contribution is -2.29. The topological polar surface area (TPSA) is 76.7 Å². The lowest BCUT2D eigenvalue weighted by molar-refractivity contribution is -0.118. The summed E-state index contributed by atoms with van der Waals surface area (Å²) in [5, 5.41) is 6.03. The van der Waals surface area contributed by atoms with Gasteiger partial charge in [-0.15, -0.1) is 0 Å². The average Bonchev–Trinajstić information content (AvgIpc) is 2.58. The number of amides is 2. The molecular weight excluding hydrogens is 332 g/mol. The quantitative estimate of drug-likeness (QED) is 0.815. The van der Waals surface area contributed by atoms with Gasteiger partial charge in [-0.25, -0.2) is 0 Å². The first-order chi connectivity index (χ1) is 11.6. The van der Waals surface area contributed by atoms with E-state index in [2.05, 4.69) is 10.6 Å². The molecule has 3 rings (SSSR count). The molecule has 0 aromatic heterocycles. The zero-order chi connectivity index (χ0) is 16.9. The van der Waals surface area contributed by atoms with Crippen molar-refractivity contribution >= 4 is 29.1 Å². The molecule has 7 heteroatoms. The van der Waals surface area contributed by atoms with Gasteiger partial charge in [0.1, 0.15) is 18.1 Å². The predicted molar refractivity (Wildman–Crippen MR) is 89.8 cm³/mol. The van der Waals surface area contributed by atoms with E-state index < -0.39 is 0 Å². The number of halogens is 1. The highest BCUT2D eigenvalue weighted by atomic mass is 35.5. The molecule has 0 saturated heterocycles. The summed E-state index contributed by atoms with van der Waals surface area (Å²) in [5.41, 5.74) is 1.01. The van der Waals surface area contributed by atoms with Crippen LogP contribution in [0.25, 0.3) is 0 Å². The van der Waals surface area contributed by atoms with Crippen LogP contribution in [0.15, 0.2) is 42.5 Å². The Hall–Kier alpha value is -2.73. The number of benzene rings is 2. The first-order valence-corrected chi connectivity index (χ1v) is 7.73. The van der Waals surface area contributed by atoms with Crippen LogP contribution >= 0.6 is 11.6 Å². The Bertz CT molecular complexity index is 779. The molecule has 1 aliphatic heterocycles. The maximum Gasteiger partial charge on any atom is 0.262 e. The van der Waals surface area contributed by atoms with Crippen molar-refractivity contribution in [2.24, 2.45) is 0 Å². The number of fused-ring (bicyclic) bond motifs is 1. The van der Waals surface area contributed by atoms with E-state index in [1.807, 2.05) is 0 Å². The number of carbonyl (C=O) groups excluding carboxylic acids is 2. The molecule has 2 aromatic carbocycles. The normalized spacial score (nSPS) is 12.6. The second-order valence-corrected chi connectivity index (χ2v) is 5.55. The van der Waals surface area contributed by atoms with Gasteiger partial charge in [0.25, 0.3) is 11.8 Å². The van der Waals surface area contributed by atoms with Gasteiger partial charge in [0.2, 0.25) is 0 Å². The van der Waals surface area contributed by atoms with E-state index >= 15 is 0 Å². The summed E-state index contributed by atoms with van der Waals surface area (Å²) in [4.78, 5) is 23.3. The molecule has 0 radical (unpaired) electrons. The van der Waals surface area contributed by atoms with Crippen LogP contribution in [-0.2, 0) is 4.79 Å². The van der Waals surface area contributed by atoms with Crippen molar-refractivity contribution in [1.82, 2.24) is 5.32 Å². The van der Waals surface area contributed by atoms with Gasteiger partial charge in [0.05, 0.1) is 12.2 Å². The van der Waals surface area contributed by atoms with Crippen LogP contribution in [0.2, 0.25) is 5.02 Å². The fourth-order valence-electron chi connectivity index (χ4n) is 2.21. The van der Waals surface area contributed by atoms with Crippen molar-refractivity contribution in [1.29, 1.82) is 0 Å². The monoisotopic (exact) mass is 346 g/mol. The van der Waals surface area contributed by atoms with Gasteiger partial charge in [-0.3, -0.25) is 9.59 Å². The summed E-state index contributed by atoms with van der Waals surface area (Å²) in [5.74, 6) is 0.679. The van der Waals surface area contributed by atoms with Crippen LogP contribution in [0.5, 0.6) is 11.5 Å². The van der Waals surface area contributed by atoms with E-state index in [4.69, 9.17) is 21.1 Å². The summed E-state index contributed by atoms with van der Waals surface area (Å²) in [6.45, 7) is 0.620. The molecule has 0 bridgehead atoms. The molecule has 0 saturated carbocycles. The molecule has 0 fully saturated rings. The van der Waals surface area contributed by atoms with E-state index in [9.17, 15) is 9.59 Å². The molecule has 1 aliphatic rings. The summed E-state index contributed by atoms with van der Waals surface area (Å²) < 4.78 is 10.8. The first kappa shape index (κ1) is 16.1. The molecule has 0 aliphatic carbocycles. The van der Waals surface area contributed by atoms with Crippen molar-refractivity contribution < 1.29 is 19.1 Å². The fraction of sp³-hybridized carbons (Fsp3) is 0.176. The Kier molecular flexibility index (Phi) is 4.86. The largest absolute Gasteiger partial charge is 0.492 e. The summed E-state index contributed by atoms with van der Waals surface area (Å²) in [6.07, 6.45) is 0. The Balaban J connectivity index is 1.51. The van der Waals surface area contributed by atoms with E-state index in [0.717, 1.165) is 0 Å². The number of rotatable bonds is 5. The van der Waals surface area contributed by atoms with Crippen LogP contribution in [0.3, 0.4) is 0 Å². The van der Waals surface area contributed by atoms with E-state index in [-0.39, 0.29) is 18.4 Å². The minimum Gasteiger partial charge on any atom is -0.492 e. The zero-order valence-electron chi connectivity index (χ0n) is 12.7. The van der Waals surface area contributed by atoms with Crippen molar-refractivity contribution in [3.63, 3.8) is 0 Å². The third-order valence-electron chi connectivity index (χ3n) is 3.33. The number of ether oxygens (including phenoxy) is 2. The zero-order valence-corrected chi connectivity index (χ0v) is 13.4.